The number of guanidine groups is 1. The van der Waals surface area contributed by atoms with E-state index in [0.29, 0.717) is 30.3 Å². The van der Waals surface area contributed by atoms with Crippen LogP contribution in [0.2, 0.25) is 0 Å². The van der Waals surface area contributed by atoms with E-state index in [9.17, 15) is 4.79 Å². The summed E-state index contributed by atoms with van der Waals surface area (Å²) in [6, 6.07) is 10.9. The summed E-state index contributed by atoms with van der Waals surface area (Å²) in [7, 11) is 0. The van der Waals surface area contributed by atoms with Gasteiger partial charge in [-0.25, -0.2) is 4.99 Å². The maximum absolute atomic E-state index is 12.0. The highest BCUT2D eigenvalue weighted by molar-refractivity contribution is 5.94. The smallest absolute Gasteiger partial charge is 0.246 e. The quantitative estimate of drug-likeness (QED) is 0.410. The molecule has 2 rings (SSSR count). The second-order valence-corrected chi connectivity index (χ2v) is 5.22. The molecule has 1 amide bonds. The van der Waals surface area contributed by atoms with E-state index in [4.69, 9.17) is 10.8 Å². The summed E-state index contributed by atoms with van der Waals surface area (Å²) in [5, 5.41) is 9.05. The van der Waals surface area contributed by atoms with E-state index in [0.717, 1.165) is 12.2 Å². The lowest BCUT2D eigenvalue weighted by Crippen LogP contribution is -2.39. The normalized spacial score (nSPS) is 10.8. The largest absolute Gasteiger partial charge is 0.469 e. The number of carbonyl (C=O) groups excluding carboxylic acids is 1. The Bertz CT molecular complexity index is 745. The number of furan rings is 1. The highest BCUT2D eigenvalue weighted by Crippen LogP contribution is 2.09. The van der Waals surface area contributed by atoms with Crippen molar-refractivity contribution in [2.75, 3.05) is 25.0 Å². The lowest BCUT2D eigenvalue weighted by atomic mass is 10.2. The van der Waals surface area contributed by atoms with Crippen LogP contribution < -0.4 is 16.0 Å². The van der Waals surface area contributed by atoms with Crippen molar-refractivity contribution in [2.45, 2.75) is 13.3 Å². The molecule has 0 radical (unpaired) electrons. The number of aliphatic imine (C=N–C) groups is 1. The van der Waals surface area contributed by atoms with Crippen molar-refractivity contribution in [1.82, 2.24) is 10.6 Å². The third kappa shape index (κ3) is 6.43. The van der Waals surface area contributed by atoms with Gasteiger partial charge in [-0.2, -0.15) is 0 Å². The number of anilines is 1. The van der Waals surface area contributed by atoms with Crippen LogP contribution >= 0.6 is 0 Å². The molecule has 1 aromatic carbocycles. The Morgan fingerprint density at radius 1 is 1.28 bits per heavy atom. The summed E-state index contributed by atoms with van der Waals surface area (Å²) in [4.78, 5) is 16.3. The molecule has 3 N–H and O–H groups in total. The van der Waals surface area contributed by atoms with Crippen LogP contribution in [0, 0.1) is 12.3 Å². The molecule has 6 heteroatoms. The lowest BCUT2D eigenvalue weighted by Gasteiger charge is -2.10. The molecule has 0 aliphatic heterocycles. The minimum atomic E-state index is -0.211. The van der Waals surface area contributed by atoms with Crippen molar-refractivity contribution in [3.63, 3.8) is 0 Å². The standard InChI is InChI=1S/C19H22N4O2/c1-3-15-7-5-8-16(13-15)23-18(24)14-22-19(20-4-2)21-11-10-17-9-6-12-25-17/h1,5-9,12-13H,4,10-11,14H2,2H3,(H,23,24)(H2,20,21,22). The maximum atomic E-state index is 12.0. The zero-order valence-electron chi connectivity index (χ0n) is 14.2. The Labute approximate surface area is 147 Å². The average molecular weight is 338 g/mol. The van der Waals surface area contributed by atoms with E-state index >= 15 is 0 Å². The molecule has 2 aromatic rings. The zero-order chi connectivity index (χ0) is 17.9. The van der Waals surface area contributed by atoms with E-state index < -0.39 is 0 Å². The molecule has 0 saturated heterocycles. The van der Waals surface area contributed by atoms with Crippen LogP contribution in [0.5, 0.6) is 0 Å². The Hall–Kier alpha value is -3.20. The van der Waals surface area contributed by atoms with Crippen LogP contribution in [0.25, 0.3) is 0 Å². The lowest BCUT2D eigenvalue weighted by molar-refractivity contribution is -0.114. The van der Waals surface area contributed by atoms with Gasteiger partial charge in [0, 0.05) is 30.8 Å². The highest BCUT2D eigenvalue weighted by atomic mass is 16.3. The van der Waals surface area contributed by atoms with E-state index in [1.165, 1.54) is 0 Å². The van der Waals surface area contributed by atoms with Gasteiger partial charge in [-0.3, -0.25) is 4.79 Å². The van der Waals surface area contributed by atoms with Gasteiger partial charge >= 0.3 is 0 Å². The van der Waals surface area contributed by atoms with Gasteiger partial charge in [-0.05, 0) is 37.3 Å². The van der Waals surface area contributed by atoms with Gasteiger partial charge in [-0.1, -0.05) is 12.0 Å². The van der Waals surface area contributed by atoms with Gasteiger partial charge in [0.1, 0.15) is 12.3 Å². The summed E-state index contributed by atoms with van der Waals surface area (Å²) in [6.45, 7) is 3.34. The van der Waals surface area contributed by atoms with E-state index in [2.05, 4.69) is 26.9 Å². The van der Waals surface area contributed by atoms with Crippen molar-refractivity contribution >= 4 is 17.6 Å². The summed E-state index contributed by atoms with van der Waals surface area (Å²) in [6.07, 6.45) is 7.74. The molecule has 1 heterocycles. The monoisotopic (exact) mass is 338 g/mol. The summed E-state index contributed by atoms with van der Waals surface area (Å²) < 4.78 is 5.28. The summed E-state index contributed by atoms with van der Waals surface area (Å²) in [5.74, 6) is 3.81. The van der Waals surface area contributed by atoms with Gasteiger partial charge in [-0.15, -0.1) is 6.42 Å². The van der Waals surface area contributed by atoms with Crippen LogP contribution in [0.1, 0.15) is 18.2 Å². The van der Waals surface area contributed by atoms with Gasteiger partial charge < -0.3 is 20.4 Å². The van der Waals surface area contributed by atoms with Crippen LogP contribution in [-0.4, -0.2) is 31.5 Å². The van der Waals surface area contributed by atoms with Crippen LogP contribution in [0.3, 0.4) is 0 Å². The Balaban J connectivity index is 1.84. The van der Waals surface area contributed by atoms with Gasteiger partial charge in [0.05, 0.1) is 6.26 Å². The molecular weight excluding hydrogens is 316 g/mol. The molecule has 0 saturated carbocycles. The van der Waals surface area contributed by atoms with Crippen molar-refractivity contribution < 1.29 is 9.21 Å². The molecule has 1 aromatic heterocycles. The fourth-order valence-corrected chi connectivity index (χ4v) is 2.14. The van der Waals surface area contributed by atoms with E-state index in [1.807, 2.05) is 19.1 Å². The molecular formula is C19H22N4O2. The summed E-state index contributed by atoms with van der Waals surface area (Å²) in [5.41, 5.74) is 1.38. The average Bonchev–Trinajstić information content (AvgIpc) is 3.13. The number of benzene rings is 1. The second-order valence-electron chi connectivity index (χ2n) is 5.22. The van der Waals surface area contributed by atoms with E-state index in [1.54, 1.807) is 30.5 Å². The molecule has 0 unspecified atom stereocenters. The number of terminal acetylenes is 1. The van der Waals surface area contributed by atoms with Crippen molar-refractivity contribution in [3.05, 3.63) is 54.0 Å². The molecule has 6 nitrogen and oxygen atoms in total. The third-order valence-electron chi connectivity index (χ3n) is 3.28. The number of nitrogens with zero attached hydrogens (tertiary/aromatic N) is 1. The molecule has 25 heavy (non-hydrogen) atoms. The molecule has 0 aliphatic carbocycles. The number of amides is 1. The minimum absolute atomic E-state index is 0.0103. The predicted octanol–water partition coefficient (Wildman–Crippen LogP) is 2.00. The first kappa shape index (κ1) is 18.1. The number of nitrogens with one attached hydrogen (secondary N) is 3. The number of carbonyl (C=O) groups is 1. The first-order valence-electron chi connectivity index (χ1n) is 8.12. The second kappa shape index (κ2) is 9.83. The number of hydrogen-bond donors (Lipinski definition) is 3. The SMILES string of the molecule is C#Cc1cccc(NC(=O)CN=C(NCC)NCCc2ccco2)c1. The van der Waals surface area contributed by atoms with Crippen LogP contribution in [-0.2, 0) is 11.2 Å². The molecule has 130 valence electrons. The molecule has 0 atom stereocenters. The first-order valence-corrected chi connectivity index (χ1v) is 8.12. The third-order valence-corrected chi connectivity index (χ3v) is 3.28. The first-order chi connectivity index (χ1) is 12.2. The Morgan fingerprint density at radius 2 is 2.16 bits per heavy atom. The van der Waals surface area contributed by atoms with Gasteiger partial charge in [0.2, 0.25) is 5.91 Å². The van der Waals surface area contributed by atoms with Gasteiger partial charge in [0.15, 0.2) is 5.96 Å². The van der Waals surface area contributed by atoms with Crippen LogP contribution in [0.4, 0.5) is 5.69 Å². The fourth-order valence-electron chi connectivity index (χ4n) is 2.14. The Morgan fingerprint density at radius 3 is 2.88 bits per heavy atom. The number of hydrogen-bond acceptors (Lipinski definition) is 3. The zero-order valence-corrected chi connectivity index (χ0v) is 14.2. The molecule has 0 spiro atoms. The Kier molecular flexibility index (Phi) is 7.13. The van der Waals surface area contributed by atoms with Gasteiger partial charge in [0.25, 0.3) is 0 Å². The molecule has 0 bridgehead atoms. The van der Waals surface area contributed by atoms with E-state index in [-0.39, 0.29) is 12.5 Å². The van der Waals surface area contributed by atoms with Crippen molar-refractivity contribution in [3.8, 4) is 12.3 Å². The van der Waals surface area contributed by atoms with Crippen LogP contribution in [0.15, 0.2) is 52.1 Å². The van der Waals surface area contributed by atoms with Crippen molar-refractivity contribution in [2.24, 2.45) is 4.99 Å². The summed E-state index contributed by atoms with van der Waals surface area (Å²) >= 11 is 0. The highest BCUT2D eigenvalue weighted by Gasteiger charge is 2.04. The molecule has 0 fully saturated rings. The maximum Gasteiger partial charge on any atom is 0.246 e. The predicted molar refractivity (Wildman–Crippen MR) is 99.4 cm³/mol. The minimum Gasteiger partial charge on any atom is -0.469 e. The topological polar surface area (TPSA) is 78.7 Å². The fraction of sp³-hybridized carbons (Fsp3) is 0.263. The molecule has 0 aliphatic rings. The number of rotatable bonds is 7. The van der Waals surface area contributed by atoms with Crippen molar-refractivity contribution in [1.29, 1.82) is 0 Å².